The first kappa shape index (κ1) is 17.3. The summed E-state index contributed by atoms with van der Waals surface area (Å²) in [4.78, 5) is 23.3. The number of hydrogen-bond donors (Lipinski definition) is 2. The van der Waals surface area contributed by atoms with Crippen molar-refractivity contribution in [2.45, 2.75) is 20.3 Å². The normalized spacial score (nSPS) is 9.92. The van der Waals surface area contributed by atoms with E-state index in [-0.39, 0.29) is 12.6 Å². The van der Waals surface area contributed by atoms with E-state index in [0.717, 1.165) is 17.7 Å². The van der Waals surface area contributed by atoms with Crippen LogP contribution in [-0.4, -0.2) is 18.8 Å². The second kappa shape index (κ2) is 8.57. The fourth-order valence-electron chi connectivity index (χ4n) is 2.09. The molecule has 0 radical (unpaired) electrons. The van der Waals surface area contributed by atoms with Gasteiger partial charge in [0, 0.05) is 11.4 Å². The van der Waals surface area contributed by atoms with Crippen LogP contribution in [0.4, 0.5) is 21.0 Å². The predicted octanol–water partition coefficient (Wildman–Crippen LogP) is 4.43. The maximum absolute atomic E-state index is 12.1. The minimum atomic E-state index is -0.757. The molecular formula is C18H20N2O4. The van der Waals surface area contributed by atoms with E-state index < -0.39 is 6.16 Å². The average Bonchev–Trinajstić information content (AvgIpc) is 2.57. The first-order valence-corrected chi connectivity index (χ1v) is 7.73. The molecule has 6 heteroatoms. The molecule has 0 saturated heterocycles. The minimum absolute atomic E-state index is 0.248. The molecule has 24 heavy (non-hydrogen) atoms. The van der Waals surface area contributed by atoms with Crippen LogP contribution in [0, 0.1) is 0 Å². The fraction of sp³-hybridized carbons (Fsp3) is 0.222. The van der Waals surface area contributed by atoms with Gasteiger partial charge in [-0.1, -0.05) is 25.1 Å². The summed E-state index contributed by atoms with van der Waals surface area (Å²) < 4.78 is 9.64. The van der Waals surface area contributed by atoms with Gasteiger partial charge in [0.2, 0.25) is 0 Å². The number of para-hydroxylation sites is 1. The SMILES string of the molecule is CCOC(=O)Oc1ccc(NC(=O)Nc2ccccc2CC)cc1. The smallest absolute Gasteiger partial charge is 0.434 e. The zero-order valence-electron chi connectivity index (χ0n) is 13.7. The van der Waals surface area contributed by atoms with E-state index in [4.69, 9.17) is 4.74 Å². The van der Waals surface area contributed by atoms with Crippen LogP contribution in [0.3, 0.4) is 0 Å². The lowest BCUT2D eigenvalue weighted by atomic mass is 10.1. The molecule has 0 aliphatic heterocycles. The summed E-state index contributed by atoms with van der Waals surface area (Å²) in [5, 5.41) is 5.54. The number of carbonyl (C=O) groups excluding carboxylic acids is 2. The molecule has 0 fully saturated rings. The van der Waals surface area contributed by atoms with Crippen LogP contribution in [0.15, 0.2) is 48.5 Å². The monoisotopic (exact) mass is 328 g/mol. The van der Waals surface area contributed by atoms with Crippen LogP contribution in [0.1, 0.15) is 19.4 Å². The van der Waals surface area contributed by atoms with E-state index in [1.165, 1.54) is 0 Å². The summed E-state index contributed by atoms with van der Waals surface area (Å²) in [6.07, 6.45) is 0.0724. The average molecular weight is 328 g/mol. The second-order valence-corrected chi connectivity index (χ2v) is 4.90. The van der Waals surface area contributed by atoms with Crippen molar-refractivity contribution < 1.29 is 19.1 Å². The molecule has 0 aliphatic carbocycles. The first-order chi connectivity index (χ1) is 11.6. The Kier molecular flexibility index (Phi) is 6.19. The molecule has 0 heterocycles. The van der Waals surface area contributed by atoms with Gasteiger partial charge in [-0.3, -0.25) is 0 Å². The van der Waals surface area contributed by atoms with Crippen molar-refractivity contribution in [2.24, 2.45) is 0 Å². The lowest BCUT2D eigenvalue weighted by Crippen LogP contribution is -2.20. The van der Waals surface area contributed by atoms with Gasteiger partial charge in [0.25, 0.3) is 0 Å². The maximum atomic E-state index is 12.1. The van der Waals surface area contributed by atoms with E-state index in [1.54, 1.807) is 31.2 Å². The molecule has 2 amide bonds. The molecule has 2 rings (SSSR count). The van der Waals surface area contributed by atoms with Gasteiger partial charge in [0.1, 0.15) is 5.75 Å². The highest BCUT2D eigenvalue weighted by Crippen LogP contribution is 2.18. The summed E-state index contributed by atoms with van der Waals surface area (Å²) in [6, 6.07) is 13.7. The molecule has 0 saturated carbocycles. The van der Waals surface area contributed by atoms with Crippen LogP contribution in [-0.2, 0) is 11.2 Å². The van der Waals surface area contributed by atoms with Crippen molar-refractivity contribution in [1.29, 1.82) is 0 Å². The van der Waals surface area contributed by atoms with Crippen molar-refractivity contribution in [1.82, 2.24) is 0 Å². The third kappa shape index (κ3) is 5.01. The molecule has 0 spiro atoms. The molecule has 0 atom stereocenters. The highest BCUT2D eigenvalue weighted by atomic mass is 16.7. The van der Waals surface area contributed by atoms with Gasteiger partial charge in [0.05, 0.1) is 6.61 Å². The van der Waals surface area contributed by atoms with Gasteiger partial charge in [-0.05, 0) is 49.2 Å². The number of hydrogen-bond acceptors (Lipinski definition) is 4. The van der Waals surface area contributed by atoms with E-state index in [1.807, 2.05) is 31.2 Å². The molecule has 126 valence electrons. The van der Waals surface area contributed by atoms with Crippen molar-refractivity contribution >= 4 is 23.6 Å². The standard InChI is InChI=1S/C18H20N2O4/c1-3-13-7-5-6-8-16(13)20-17(21)19-14-9-11-15(12-10-14)24-18(22)23-4-2/h5-12H,3-4H2,1-2H3,(H2,19,20,21). The molecule has 0 unspecified atom stereocenters. The number of urea groups is 1. The maximum Gasteiger partial charge on any atom is 0.513 e. The van der Waals surface area contributed by atoms with E-state index in [9.17, 15) is 9.59 Å². The molecule has 2 aromatic carbocycles. The Morgan fingerprint density at radius 3 is 2.33 bits per heavy atom. The topological polar surface area (TPSA) is 76.7 Å². The van der Waals surface area contributed by atoms with Crippen LogP contribution in [0.2, 0.25) is 0 Å². The summed E-state index contributed by atoms with van der Waals surface area (Å²) in [5.41, 5.74) is 2.42. The number of rotatable bonds is 5. The highest BCUT2D eigenvalue weighted by Gasteiger charge is 2.07. The number of benzene rings is 2. The third-order valence-corrected chi connectivity index (χ3v) is 3.22. The van der Waals surface area contributed by atoms with Crippen LogP contribution >= 0.6 is 0 Å². The Morgan fingerprint density at radius 2 is 1.67 bits per heavy atom. The van der Waals surface area contributed by atoms with Crippen molar-refractivity contribution in [3.8, 4) is 5.75 Å². The molecule has 0 aromatic heterocycles. The lowest BCUT2D eigenvalue weighted by molar-refractivity contribution is 0.104. The number of nitrogens with one attached hydrogen (secondary N) is 2. The summed E-state index contributed by atoms with van der Waals surface area (Å²) in [7, 11) is 0. The molecule has 2 N–H and O–H groups in total. The Labute approximate surface area is 140 Å². The molecule has 0 bridgehead atoms. The summed E-state index contributed by atoms with van der Waals surface area (Å²) >= 11 is 0. The van der Waals surface area contributed by atoms with Crippen LogP contribution < -0.4 is 15.4 Å². The molecule has 2 aromatic rings. The zero-order valence-corrected chi connectivity index (χ0v) is 13.7. The van der Waals surface area contributed by atoms with Gasteiger partial charge in [-0.2, -0.15) is 0 Å². The predicted molar refractivity (Wildman–Crippen MR) is 92.6 cm³/mol. The number of ether oxygens (including phenoxy) is 2. The van der Waals surface area contributed by atoms with Gasteiger partial charge < -0.3 is 20.1 Å². The number of amides is 2. The molecule has 6 nitrogen and oxygen atoms in total. The van der Waals surface area contributed by atoms with E-state index in [2.05, 4.69) is 15.4 Å². The van der Waals surface area contributed by atoms with Gasteiger partial charge >= 0.3 is 12.2 Å². The first-order valence-electron chi connectivity index (χ1n) is 7.73. The van der Waals surface area contributed by atoms with Gasteiger partial charge in [0.15, 0.2) is 0 Å². The molecule has 0 aliphatic rings. The largest absolute Gasteiger partial charge is 0.513 e. The Balaban J connectivity index is 1.93. The number of aryl methyl sites for hydroxylation is 1. The Bertz CT molecular complexity index is 698. The van der Waals surface area contributed by atoms with Gasteiger partial charge in [-0.25, -0.2) is 9.59 Å². The Morgan fingerprint density at radius 1 is 0.958 bits per heavy atom. The van der Waals surface area contributed by atoms with E-state index >= 15 is 0 Å². The van der Waals surface area contributed by atoms with Crippen molar-refractivity contribution in [3.05, 3.63) is 54.1 Å². The summed E-state index contributed by atoms with van der Waals surface area (Å²) in [6.45, 7) is 3.97. The van der Waals surface area contributed by atoms with Crippen molar-refractivity contribution in [3.63, 3.8) is 0 Å². The lowest BCUT2D eigenvalue weighted by Gasteiger charge is -2.11. The fourth-order valence-corrected chi connectivity index (χ4v) is 2.09. The Hall–Kier alpha value is -3.02. The van der Waals surface area contributed by atoms with E-state index in [0.29, 0.717) is 11.4 Å². The van der Waals surface area contributed by atoms with Crippen LogP contribution in [0.5, 0.6) is 5.75 Å². The van der Waals surface area contributed by atoms with Crippen LogP contribution in [0.25, 0.3) is 0 Å². The van der Waals surface area contributed by atoms with Gasteiger partial charge in [-0.15, -0.1) is 0 Å². The highest BCUT2D eigenvalue weighted by molar-refractivity contribution is 6.00. The zero-order chi connectivity index (χ0) is 17.4. The second-order valence-electron chi connectivity index (χ2n) is 4.90. The third-order valence-electron chi connectivity index (χ3n) is 3.22. The van der Waals surface area contributed by atoms with Crippen molar-refractivity contribution in [2.75, 3.05) is 17.2 Å². The molecular weight excluding hydrogens is 308 g/mol. The quantitative estimate of drug-likeness (QED) is 0.629. The number of anilines is 2. The number of carbonyl (C=O) groups is 2. The summed E-state index contributed by atoms with van der Waals surface area (Å²) in [5.74, 6) is 0.343. The minimum Gasteiger partial charge on any atom is -0.434 e.